The molecule has 0 bridgehead atoms. The summed E-state index contributed by atoms with van der Waals surface area (Å²) in [5.41, 5.74) is 2.37. The van der Waals surface area contributed by atoms with Crippen molar-refractivity contribution >= 4 is 17.5 Å². The van der Waals surface area contributed by atoms with Gasteiger partial charge >= 0.3 is 0 Å². The van der Waals surface area contributed by atoms with Crippen LogP contribution in [0.15, 0.2) is 28.8 Å². The van der Waals surface area contributed by atoms with Gasteiger partial charge in [0.15, 0.2) is 5.76 Å². The van der Waals surface area contributed by atoms with E-state index in [9.17, 15) is 14.0 Å². The maximum absolute atomic E-state index is 12.4. The van der Waals surface area contributed by atoms with E-state index in [2.05, 4.69) is 25.6 Å². The lowest BCUT2D eigenvalue weighted by Gasteiger charge is -2.37. The molecular formula is C24H32FN5O4. The number of hydrogen-bond acceptors (Lipinski definition) is 7. The molecule has 0 unspecified atom stereocenters. The van der Waals surface area contributed by atoms with Crippen LogP contribution in [0.1, 0.15) is 41.1 Å². The Morgan fingerprint density at radius 1 is 1.21 bits per heavy atom. The van der Waals surface area contributed by atoms with Gasteiger partial charge in [0.1, 0.15) is 17.1 Å². The number of alkyl halides is 1. The van der Waals surface area contributed by atoms with Crippen molar-refractivity contribution in [3.05, 3.63) is 41.3 Å². The number of hydrogen-bond donors (Lipinski definition) is 2. The van der Waals surface area contributed by atoms with Crippen LogP contribution in [0.4, 0.5) is 10.1 Å². The molecule has 2 N–H and O–H groups in total. The molecule has 10 heteroatoms. The maximum Gasteiger partial charge on any atom is 0.251 e. The zero-order valence-corrected chi connectivity index (χ0v) is 19.7. The number of rotatable bonds is 8. The number of aryl methyl sites for hydroxylation is 2. The summed E-state index contributed by atoms with van der Waals surface area (Å²) in [6, 6.07) is 6.77. The first-order valence-electron chi connectivity index (χ1n) is 11.7. The average molecular weight is 474 g/mol. The second-order valence-corrected chi connectivity index (χ2v) is 8.90. The first kappa shape index (κ1) is 24.0. The minimum atomic E-state index is -0.966. The summed E-state index contributed by atoms with van der Waals surface area (Å²) in [5, 5.41) is 9.71. The fourth-order valence-electron chi connectivity index (χ4n) is 4.95. The van der Waals surface area contributed by atoms with Gasteiger partial charge in [-0.3, -0.25) is 14.5 Å². The summed E-state index contributed by atoms with van der Waals surface area (Å²) >= 11 is 0. The molecule has 4 rings (SSSR count). The van der Waals surface area contributed by atoms with Gasteiger partial charge in [0.2, 0.25) is 12.8 Å². The van der Waals surface area contributed by atoms with Crippen LogP contribution in [-0.4, -0.2) is 73.5 Å². The molecule has 0 saturated carbocycles. The summed E-state index contributed by atoms with van der Waals surface area (Å²) in [7, 11) is 0. The number of nitrogens with one attached hydrogen (secondary N) is 2. The van der Waals surface area contributed by atoms with Gasteiger partial charge < -0.3 is 24.8 Å². The van der Waals surface area contributed by atoms with E-state index in [0.717, 1.165) is 62.6 Å². The van der Waals surface area contributed by atoms with E-state index in [0.29, 0.717) is 11.6 Å². The summed E-state index contributed by atoms with van der Waals surface area (Å²) in [6.45, 7) is 6.55. The van der Waals surface area contributed by atoms with Crippen LogP contribution in [0.25, 0.3) is 0 Å². The standard InChI is InChI=1S/C24H32FN5O4/c1-16-23(17(2)34-28-16)29-10-7-20(8-11-29)30-9-6-19(14-30)27-22(31)13-26-24(32)18-4-3-5-21(12-18)33-15-25/h3-5,12,19-20H,6-11,13-15H2,1-2H3,(H,26,32)(H,27,31)/t19-/m1/s1. The third kappa shape index (κ3) is 5.67. The summed E-state index contributed by atoms with van der Waals surface area (Å²) < 4.78 is 22.4. The van der Waals surface area contributed by atoms with Crippen LogP contribution in [-0.2, 0) is 4.79 Å². The zero-order valence-electron chi connectivity index (χ0n) is 19.7. The Kier molecular flexibility index (Phi) is 7.66. The number of carbonyl (C=O) groups excluding carboxylic acids is 2. The van der Waals surface area contributed by atoms with E-state index in [1.165, 1.54) is 6.07 Å². The number of aromatic nitrogens is 1. The van der Waals surface area contributed by atoms with E-state index in [-0.39, 0.29) is 24.2 Å². The quantitative estimate of drug-likeness (QED) is 0.606. The highest BCUT2D eigenvalue weighted by molar-refractivity contribution is 5.96. The maximum atomic E-state index is 12.4. The van der Waals surface area contributed by atoms with Crippen molar-refractivity contribution in [3.8, 4) is 5.75 Å². The highest BCUT2D eigenvalue weighted by Gasteiger charge is 2.32. The molecule has 2 aliphatic rings. The monoisotopic (exact) mass is 473 g/mol. The van der Waals surface area contributed by atoms with Crippen LogP contribution in [0, 0.1) is 13.8 Å². The number of halogens is 1. The zero-order chi connectivity index (χ0) is 24.1. The molecule has 184 valence electrons. The van der Waals surface area contributed by atoms with E-state index in [1.54, 1.807) is 18.2 Å². The molecule has 2 aromatic rings. The minimum Gasteiger partial charge on any atom is -0.463 e. The average Bonchev–Trinajstić information content (AvgIpc) is 3.44. The Morgan fingerprint density at radius 2 is 2.00 bits per heavy atom. The Bertz CT molecular complexity index is 985. The number of likely N-dealkylation sites (tertiary alicyclic amines) is 1. The molecule has 1 atom stereocenters. The minimum absolute atomic E-state index is 0.0753. The van der Waals surface area contributed by atoms with Crippen molar-refractivity contribution in [2.75, 3.05) is 44.5 Å². The molecular weight excluding hydrogens is 441 g/mol. The topological polar surface area (TPSA) is 99.9 Å². The molecule has 9 nitrogen and oxygen atoms in total. The molecule has 34 heavy (non-hydrogen) atoms. The van der Waals surface area contributed by atoms with Gasteiger partial charge in [-0.15, -0.1) is 0 Å². The summed E-state index contributed by atoms with van der Waals surface area (Å²) in [5.74, 6) is 0.512. The van der Waals surface area contributed by atoms with Crippen LogP contribution < -0.4 is 20.3 Å². The Balaban J connectivity index is 1.19. The lowest BCUT2D eigenvalue weighted by Crippen LogP contribution is -2.47. The third-order valence-electron chi connectivity index (χ3n) is 6.60. The molecule has 2 amide bonds. The normalized spacial score (nSPS) is 19.3. The molecule has 0 spiro atoms. The SMILES string of the molecule is Cc1noc(C)c1N1CCC(N2CC[C@@H](NC(=O)CNC(=O)c3cccc(OCF)c3)C2)CC1. The van der Waals surface area contributed by atoms with Crippen molar-refractivity contribution in [3.63, 3.8) is 0 Å². The molecule has 3 heterocycles. The van der Waals surface area contributed by atoms with E-state index >= 15 is 0 Å². The molecule has 1 aromatic heterocycles. The Morgan fingerprint density at radius 3 is 2.71 bits per heavy atom. The van der Waals surface area contributed by atoms with Gasteiger partial charge in [-0.2, -0.15) is 0 Å². The van der Waals surface area contributed by atoms with Crippen molar-refractivity contribution < 1.29 is 23.2 Å². The predicted molar refractivity (Wildman–Crippen MR) is 125 cm³/mol. The lowest BCUT2D eigenvalue weighted by atomic mass is 10.0. The second kappa shape index (κ2) is 10.9. The van der Waals surface area contributed by atoms with Crippen LogP contribution >= 0.6 is 0 Å². The fraction of sp³-hybridized carbons (Fsp3) is 0.542. The number of anilines is 1. The van der Waals surface area contributed by atoms with Gasteiger partial charge in [0.05, 0.1) is 6.54 Å². The van der Waals surface area contributed by atoms with Gasteiger partial charge in [-0.25, -0.2) is 4.39 Å². The lowest BCUT2D eigenvalue weighted by molar-refractivity contribution is -0.120. The fourth-order valence-corrected chi connectivity index (χ4v) is 4.95. The third-order valence-corrected chi connectivity index (χ3v) is 6.60. The number of piperidine rings is 1. The van der Waals surface area contributed by atoms with E-state index in [1.807, 2.05) is 13.8 Å². The first-order chi connectivity index (χ1) is 16.4. The number of carbonyl (C=O) groups is 2. The molecule has 1 aromatic carbocycles. The second-order valence-electron chi connectivity index (χ2n) is 8.90. The van der Waals surface area contributed by atoms with E-state index < -0.39 is 12.8 Å². The Labute approximate surface area is 198 Å². The predicted octanol–water partition coefficient (Wildman–Crippen LogP) is 2.19. The van der Waals surface area contributed by atoms with Crippen LogP contribution in [0.3, 0.4) is 0 Å². The van der Waals surface area contributed by atoms with Crippen molar-refractivity contribution in [1.29, 1.82) is 0 Å². The summed E-state index contributed by atoms with van der Waals surface area (Å²) in [4.78, 5) is 29.5. The van der Waals surface area contributed by atoms with Gasteiger partial charge in [0.25, 0.3) is 5.91 Å². The Hall–Kier alpha value is -3.14. The van der Waals surface area contributed by atoms with Crippen molar-refractivity contribution in [2.24, 2.45) is 0 Å². The number of ether oxygens (including phenoxy) is 1. The molecule has 0 aliphatic carbocycles. The van der Waals surface area contributed by atoms with Crippen LogP contribution in [0.5, 0.6) is 5.75 Å². The molecule has 2 aliphatic heterocycles. The van der Waals surface area contributed by atoms with Crippen molar-refractivity contribution in [1.82, 2.24) is 20.7 Å². The summed E-state index contributed by atoms with van der Waals surface area (Å²) in [6.07, 6.45) is 3.02. The van der Waals surface area contributed by atoms with Gasteiger partial charge in [0, 0.05) is 43.8 Å². The van der Waals surface area contributed by atoms with Crippen molar-refractivity contribution in [2.45, 2.75) is 45.2 Å². The molecule has 0 radical (unpaired) electrons. The highest BCUT2D eigenvalue weighted by atomic mass is 19.1. The number of benzene rings is 1. The van der Waals surface area contributed by atoms with Gasteiger partial charge in [-0.05, 0) is 51.3 Å². The largest absolute Gasteiger partial charge is 0.463 e. The highest BCUT2D eigenvalue weighted by Crippen LogP contribution is 2.29. The smallest absolute Gasteiger partial charge is 0.251 e. The van der Waals surface area contributed by atoms with Crippen LogP contribution in [0.2, 0.25) is 0 Å². The molecule has 2 saturated heterocycles. The van der Waals surface area contributed by atoms with E-state index in [4.69, 9.17) is 9.26 Å². The number of amides is 2. The number of nitrogens with zero attached hydrogens (tertiary/aromatic N) is 3. The first-order valence-corrected chi connectivity index (χ1v) is 11.7. The van der Waals surface area contributed by atoms with Gasteiger partial charge in [-0.1, -0.05) is 11.2 Å². The molecule has 2 fully saturated rings.